The molecule has 1 unspecified atom stereocenters. The molecule has 0 aliphatic carbocycles. The van der Waals surface area contributed by atoms with Gasteiger partial charge in [-0.15, -0.1) is 0 Å². The van der Waals surface area contributed by atoms with Crippen LogP contribution in [0.25, 0.3) is 0 Å². The molecule has 1 heterocycles. The number of imidazole rings is 1. The van der Waals surface area contributed by atoms with Crippen LogP contribution in [-0.2, 0) is 25.9 Å². The SMILES string of the molecule is COc1ccc(C(c2ccccc2)(c2ccccc2)n2cncc2COCCCCCCOP(OCCC#N)N(C(C)C)C(C)C)cc1. The molecular weight excluding hydrogens is 619 g/mol. The lowest BCUT2D eigenvalue weighted by Gasteiger charge is -2.38. The molecule has 4 aromatic rings. The Balaban J connectivity index is 1.39. The first-order chi connectivity index (χ1) is 23.4. The predicted octanol–water partition coefficient (Wildman–Crippen LogP) is 9.10. The van der Waals surface area contributed by atoms with Crippen LogP contribution in [0.3, 0.4) is 0 Å². The Hall–Kier alpha value is -3.57. The number of nitrogens with zero attached hydrogens (tertiary/aromatic N) is 4. The van der Waals surface area contributed by atoms with Gasteiger partial charge in [0.15, 0.2) is 0 Å². The summed E-state index contributed by atoms with van der Waals surface area (Å²) in [5.41, 5.74) is 3.70. The van der Waals surface area contributed by atoms with Crippen molar-refractivity contribution in [3.8, 4) is 11.8 Å². The minimum absolute atomic E-state index is 0.299. The molecule has 3 aromatic carbocycles. The second-order valence-electron chi connectivity index (χ2n) is 12.3. The minimum Gasteiger partial charge on any atom is -0.497 e. The van der Waals surface area contributed by atoms with Gasteiger partial charge in [-0.3, -0.25) is 0 Å². The molecule has 256 valence electrons. The summed E-state index contributed by atoms with van der Waals surface area (Å²) in [4.78, 5) is 4.63. The second kappa shape index (κ2) is 19.4. The molecule has 0 spiro atoms. The normalized spacial score (nSPS) is 12.5. The number of methoxy groups -OCH3 is 1. The van der Waals surface area contributed by atoms with Gasteiger partial charge in [0, 0.05) is 18.7 Å². The van der Waals surface area contributed by atoms with E-state index in [1.54, 1.807) is 7.11 Å². The van der Waals surface area contributed by atoms with Crippen LogP contribution in [0.1, 0.15) is 82.2 Å². The molecule has 1 aromatic heterocycles. The number of rotatable bonds is 21. The van der Waals surface area contributed by atoms with E-state index in [9.17, 15) is 0 Å². The van der Waals surface area contributed by atoms with E-state index in [0.717, 1.165) is 53.8 Å². The standard InChI is InChI=1S/C39H51N4O4P/c1-32(2)43(33(3)4)48(47-28-16-25-40)46-27-15-7-6-14-26-45-30-37-29-41-31-42(37)39(34-17-10-8-11-18-34,35-19-12-9-13-20-35)36-21-23-38(44-5)24-22-36/h8-13,17-24,29,31-33H,6-7,14-16,26-28,30H2,1-5H3. The molecule has 0 aliphatic heterocycles. The molecule has 9 heteroatoms. The molecule has 0 saturated carbocycles. The van der Waals surface area contributed by atoms with Crippen molar-refractivity contribution in [2.24, 2.45) is 0 Å². The van der Waals surface area contributed by atoms with Crippen LogP contribution < -0.4 is 4.74 Å². The molecule has 4 rings (SSSR count). The van der Waals surface area contributed by atoms with E-state index in [2.05, 4.69) is 109 Å². The number of unbranched alkanes of at least 4 members (excludes halogenated alkanes) is 3. The first kappa shape index (κ1) is 37.3. The van der Waals surface area contributed by atoms with E-state index < -0.39 is 14.1 Å². The van der Waals surface area contributed by atoms with Gasteiger partial charge in [-0.1, -0.05) is 85.6 Å². The lowest BCUT2D eigenvalue weighted by Crippen LogP contribution is -2.38. The second-order valence-corrected chi connectivity index (χ2v) is 13.7. The summed E-state index contributed by atoms with van der Waals surface area (Å²) in [6.45, 7) is 10.8. The molecule has 0 radical (unpaired) electrons. The maximum atomic E-state index is 8.94. The predicted molar refractivity (Wildman–Crippen MR) is 193 cm³/mol. The van der Waals surface area contributed by atoms with Gasteiger partial charge in [0.1, 0.15) is 11.3 Å². The molecule has 0 fully saturated rings. The average molecular weight is 671 g/mol. The Kier molecular flexibility index (Phi) is 15.1. The molecule has 0 N–H and O–H groups in total. The maximum Gasteiger partial charge on any atom is 0.259 e. The highest BCUT2D eigenvalue weighted by atomic mass is 31.2. The van der Waals surface area contributed by atoms with Crippen molar-refractivity contribution >= 4 is 8.53 Å². The number of nitriles is 1. The van der Waals surface area contributed by atoms with Crippen molar-refractivity contribution in [2.75, 3.05) is 26.9 Å². The van der Waals surface area contributed by atoms with Gasteiger partial charge >= 0.3 is 0 Å². The number of ether oxygens (including phenoxy) is 2. The first-order valence-electron chi connectivity index (χ1n) is 17.0. The van der Waals surface area contributed by atoms with Crippen LogP contribution in [0, 0.1) is 11.3 Å². The number of aromatic nitrogens is 2. The topological polar surface area (TPSA) is 81.8 Å². The van der Waals surface area contributed by atoms with Crippen LogP contribution in [0.4, 0.5) is 0 Å². The number of hydrogen-bond acceptors (Lipinski definition) is 7. The third-order valence-corrected chi connectivity index (χ3v) is 10.4. The van der Waals surface area contributed by atoms with Crippen LogP contribution in [0.15, 0.2) is 97.5 Å². The van der Waals surface area contributed by atoms with Gasteiger partial charge in [-0.2, -0.15) is 5.26 Å². The summed E-state index contributed by atoms with van der Waals surface area (Å²) in [7, 11) is 0.501. The molecule has 0 amide bonds. The van der Waals surface area contributed by atoms with Crippen LogP contribution >= 0.6 is 8.53 Å². The van der Waals surface area contributed by atoms with Crippen molar-refractivity contribution in [3.63, 3.8) is 0 Å². The van der Waals surface area contributed by atoms with Gasteiger partial charge in [0.25, 0.3) is 8.53 Å². The van der Waals surface area contributed by atoms with E-state index in [4.69, 9.17) is 23.8 Å². The Morgan fingerprint density at radius 2 is 1.33 bits per heavy atom. The minimum atomic E-state index is -1.19. The van der Waals surface area contributed by atoms with Gasteiger partial charge in [0.05, 0.1) is 57.6 Å². The monoisotopic (exact) mass is 670 g/mol. The summed E-state index contributed by atoms with van der Waals surface area (Å²) >= 11 is 0. The van der Waals surface area contributed by atoms with E-state index in [1.165, 1.54) is 0 Å². The van der Waals surface area contributed by atoms with Gasteiger partial charge in [0.2, 0.25) is 0 Å². The fourth-order valence-corrected chi connectivity index (χ4v) is 7.76. The van der Waals surface area contributed by atoms with Crippen molar-refractivity contribution < 1.29 is 18.5 Å². The summed E-state index contributed by atoms with van der Waals surface area (Å²) in [6.07, 6.45) is 8.22. The zero-order chi connectivity index (χ0) is 34.2. The Morgan fingerprint density at radius 3 is 1.90 bits per heavy atom. The third-order valence-electron chi connectivity index (χ3n) is 8.26. The van der Waals surface area contributed by atoms with Crippen LogP contribution in [0.5, 0.6) is 5.75 Å². The fourth-order valence-electron chi connectivity index (χ4n) is 6.13. The highest BCUT2D eigenvalue weighted by Crippen LogP contribution is 2.46. The van der Waals surface area contributed by atoms with Crippen LogP contribution in [0.2, 0.25) is 0 Å². The average Bonchev–Trinajstić information content (AvgIpc) is 3.57. The smallest absolute Gasteiger partial charge is 0.259 e. The molecular formula is C39H51N4O4P. The Labute approximate surface area is 288 Å². The summed E-state index contributed by atoms with van der Waals surface area (Å²) in [5, 5.41) is 8.94. The summed E-state index contributed by atoms with van der Waals surface area (Å²) < 4.78 is 28.5. The molecule has 48 heavy (non-hydrogen) atoms. The zero-order valence-electron chi connectivity index (χ0n) is 29.1. The molecule has 8 nitrogen and oxygen atoms in total. The Bertz CT molecular complexity index is 1460. The lowest BCUT2D eigenvalue weighted by molar-refractivity contribution is 0.110. The summed E-state index contributed by atoms with van der Waals surface area (Å²) in [5.74, 6) is 0.812. The van der Waals surface area contributed by atoms with E-state index >= 15 is 0 Å². The van der Waals surface area contributed by atoms with Crippen molar-refractivity contribution in [2.45, 2.75) is 84.0 Å². The highest BCUT2D eigenvalue weighted by Gasteiger charge is 2.39. The quantitative estimate of drug-likeness (QED) is 0.0497. The molecule has 0 saturated heterocycles. The lowest BCUT2D eigenvalue weighted by atomic mass is 9.76. The Morgan fingerprint density at radius 1 is 0.771 bits per heavy atom. The first-order valence-corrected chi connectivity index (χ1v) is 18.1. The maximum absolute atomic E-state index is 8.94. The number of hydrogen-bond donors (Lipinski definition) is 0. The van der Waals surface area contributed by atoms with Gasteiger partial charge in [-0.05, 0) is 69.4 Å². The van der Waals surface area contributed by atoms with Crippen molar-refractivity contribution in [3.05, 3.63) is 120 Å². The molecule has 0 aliphatic rings. The van der Waals surface area contributed by atoms with E-state index in [0.29, 0.717) is 44.9 Å². The fraction of sp³-hybridized carbons (Fsp3) is 0.436. The van der Waals surface area contributed by atoms with Crippen molar-refractivity contribution in [1.82, 2.24) is 14.2 Å². The van der Waals surface area contributed by atoms with Gasteiger partial charge in [-0.25, -0.2) is 9.65 Å². The number of benzene rings is 3. The van der Waals surface area contributed by atoms with Crippen LogP contribution in [-0.4, -0.2) is 53.2 Å². The summed E-state index contributed by atoms with van der Waals surface area (Å²) in [6, 6.07) is 32.2. The van der Waals surface area contributed by atoms with Gasteiger partial charge < -0.3 is 23.1 Å². The molecule has 0 bridgehead atoms. The largest absolute Gasteiger partial charge is 0.497 e. The zero-order valence-corrected chi connectivity index (χ0v) is 30.0. The van der Waals surface area contributed by atoms with E-state index in [1.807, 2.05) is 36.8 Å². The molecule has 1 atom stereocenters. The van der Waals surface area contributed by atoms with Crippen molar-refractivity contribution in [1.29, 1.82) is 5.26 Å². The highest BCUT2D eigenvalue weighted by molar-refractivity contribution is 7.44. The van der Waals surface area contributed by atoms with E-state index in [-0.39, 0.29) is 0 Å². The third kappa shape index (κ3) is 9.53.